The lowest BCUT2D eigenvalue weighted by molar-refractivity contribution is -0.143. The van der Waals surface area contributed by atoms with Gasteiger partial charge in [-0.3, -0.25) is 14.6 Å². The van der Waals surface area contributed by atoms with Gasteiger partial charge in [-0.05, 0) is 73.9 Å². The van der Waals surface area contributed by atoms with Crippen molar-refractivity contribution in [1.29, 1.82) is 0 Å². The molecule has 4 rings (SSSR count). The second kappa shape index (κ2) is 11.2. The van der Waals surface area contributed by atoms with E-state index in [1.54, 1.807) is 6.92 Å². The summed E-state index contributed by atoms with van der Waals surface area (Å²) >= 11 is 0. The molecule has 1 aromatic heterocycles. The highest BCUT2D eigenvalue weighted by molar-refractivity contribution is 6.03. The largest absolute Gasteiger partial charge is 0.480 e. The number of aromatic nitrogens is 1. The number of hydrogen-bond acceptors (Lipinski definition) is 4. The highest BCUT2D eigenvalue weighted by Gasteiger charge is 2.42. The van der Waals surface area contributed by atoms with Gasteiger partial charge < -0.3 is 15.3 Å². The van der Waals surface area contributed by atoms with Gasteiger partial charge in [-0.1, -0.05) is 6.07 Å². The lowest BCUT2D eigenvalue weighted by atomic mass is 9.81. The molecule has 1 aliphatic rings. The highest BCUT2D eigenvalue weighted by Crippen LogP contribution is 2.41. The molecule has 2 N–H and O–H groups in total. The molecule has 2 atom stereocenters. The van der Waals surface area contributed by atoms with Gasteiger partial charge in [0.15, 0.2) is 0 Å². The smallest absolute Gasteiger partial charge is 0.416 e. The fourth-order valence-electron chi connectivity index (χ4n) is 5.21. The number of hydrogen-bond donors (Lipinski definition) is 2. The van der Waals surface area contributed by atoms with Crippen molar-refractivity contribution in [3.8, 4) is 11.1 Å². The van der Waals surface area contributed by atoms with E-state index >= 15 is 0 Å². The van der Waals surface area contributed by atoms with Crippen LogP contribution in [0.1, 0.15) is 54.1 Å². The maximum absolute atomic E-state index is 14.0. The molecule has 14 heteroatoms. The zero-order chi connectivity index (χ0) is 32.9. The van der Waals surface area contributed by atoms with Gasteiger partial charge in [0.1, 0.15) is 11.9 Å². The summed E-state index contributed by atoms with van der Waals surface area (Å²) < 4.78 is 95.4. The van der Waals surface area contributed by atoms with Crippen LogP contribution in [0.4, 0.5) is 36.4 Å². The molecule has 1 aliphatic heterocycles. The molecule has 0 saturated carbocycles. The maximum Gasteiger partial charge on any atom is 0.416 e. The second-order valence-electron chi connectivity index (χ2n) is 11.1. The number of anilines is 1. The number of halogens is 7. The Morgan fingerprint density at radius 3 is 2.02 bits per heavy atom. The third kappa shape index (κ3) is 6.24. The SMILES string of the molecule is Cc1cc(F)ccc1-c1cc(C2CC(=O)NC2C(=O)O)ncc1N(C)C(=O)C(C)(C)c1cc(C(F)(F)F)cc(C(F)(F)F)c1. The van der Waals surface area contributed by atoms with Crippen LogP contribution in [0.25, 0.3) is 11.1 Å². The number of alkyl halides is 6. The topological polar surface area (TPSA) is 99.6 Å². The fourth-order valence-corrected chi connectivity index (χ4v) is 5.21. The summed E-state index contributed by atoms with van der Waals surface area (Å²) in [6.07, 6.45) is -9.27. The van der Waals surface area contributed by atoms with E-state index in [9.17, 15) is 50.2 Å². The molecule has 44 heavy (non-hydrogen) atoms. The van der Waals surface area contributed by atoms with Crippen LogP contribution in [0.5, 0.6) is 0 Å². The quantitative estimate of drug-likeness (QED) is 0.317. The number of amides is 2. The van der Waals surface area contributed by atoms with E-state index in [0.717, 1.165) is 11.0 Å². The fraction of sp³-hybridized carbons (Fsp3) is 0.333. The van der Waals surface area contributed by atoms with Crippen LogP contribution in [0.15, 0.2) is 48.7 Å². The van der Waals surface area contributed by atoms with Crippen LogP contribution >= 0.6 is 0 Å². The number of carboxylic acid groups (broad SMARTS) is 1. The minimum atomic E-state index is -5.13. The van der Waals surface area contributed by atoms with Gasteiger partial charge in [-0.25, -0.2) is 9.18 Å². The summed E-state index contributed by atoms with van der Waals surface area (Å²) in [5.74, 6) is -4.21. The van der Waals surface area contributed by atoms with Crippen molar-refractivity contribution in [3.63, 3.8) is 0 Å². The van der Waals surface area contributed by atoms with Crippen LogP contribution in [-0.2, 0) is 32.2 Å². The Kier molecular flexibility index (Phi) is 8.26. The number of rotatable bonds is 6. The Hall–Kier alpha value is -4.49. The average Bonchev–Trinajstić information content (AvgIpc) is 3.32. The molecule has 2 unspecified atom stereocenters. The summed E-state index contributed by atoms with van der Waals surface area (Å²) in [5.41, 5.74) is -4.40. The number of nitrogens with zero attached hydrogens (tertiary/aromatic N) is 2. The first-order valence-corrected chi connectivity index (χ1v) is 13.1. The predicted octanol–water partition coefficient (Wildman–Crippen LogP) is 6.23. The number of carbonyl (C=O) groups excluding carboxylic acids is 2. The monoisotopic (exact) mass is 625 g/mol. The minimum absolute atomic E-state index is 0.0289. The summed E-state index contributed by atoms with van der Waals surface area (Å²) in [4.78, 5) is 43.0. The summed E-state index contributed by atoms with van der Waals surface area (Å²) in [5, 5.41) is 11.9. The van der Waals surface area contributed by atoms with Gasteiger partial charge in [-0.2, -0.15) is 26.3 Å². The number of likely N-dealkylation sites (N-methyl/N-ethyl adjacent to an activating group) is 1. The molecule has 2 aromatic carbocycles. The number of carbonyl (C=O) groups is 3. The van der Waals surface area contributed by atoms with Crippen LogP contribution in [-0.4, -0.2) is 41.0 Å². The number of benzene rings is 2. The molecular formula is C30H26F7N3O4. The predicted molar refractivity (Wildman–Crippen MR) is 144 cm³/mol. The van der Waals surface area contributed by atoms with Gasteiger partial charge in [0.25, 0.3) is 0 Å². The first-order chi connectivity index (χ1) is 20.2. The van der Waals surface area contributed by atoms with E-state index < -0.39 is 70.0 Å². The second-order valence-corrected chi connectivity index (χ2v) is 11.1. The van der Waals surface area contributed by atoms with Crippen LogP contribution in [0, 0.1) is 12.7 Å². The van der Waals surface area contributed by atoms with Crippen molar-refractivity contribution in [2.45, 2.75) is 56.9 Å². The molecular weight excluding hydrogens is 599 g/mol. The summed E-state index contributed by atoms with van der Waals surface area (Å²) in [7, 11) is 1.25. The first-order valence-electron chi connectivity index (χ1n) is 13.1. The van der Waals surface area contributed by atoms with Gasteiger partial charge in [0.2, 0.25) is 11.8 Å². The lowest BCUT2D eigenvalue weighted by Crippen LogP contribution is -2.42. The number of aliphatic carboxylic acids is 1. The molecule has 3 aromatic rings. The molecule has 0 aliphatic carbocycles. The molecule has 0 bridgehead atoms. The number of carboxylic acids is 1. The van der Waals surface area contributed by atoms with E-state index in [1.807, 2.05) is 0 Å². The van der Waals surface area contributed by atoms with E-state index in [2.05, 4.69) is 10.3 Å². The lowest BCUT2D eigenvalue weighted by Gasteiger charge is -2.32. The van der Waals surface area contributed by atoms with Crippen molar-refractivity contribution in [1.82, 2.24) is 10.3 Å². The standard InChI is InChI=1S/C30H26F7N3O4/c1-14-7-18(31)5-6-19(14)20-11-22(21-12-24(41)39-25(21)26(42)43)38-13-23(20)40(4)27(44)28(2,3)15-8-16(29(32,33)34)10-17(9-15)30(35,36)37/h5-11,13,21,25H,12H2,1-4H3,(H,39,41)(H,42,43). The van der Waals surface area contributed by atoms with Gasteiger partial charge in [0, 0.05) is 30.6 Å². The molecule has 7 nitrogen and oxygen atoms in total. The molecule has 2 heterocycles. The Bertz CT molecular complexity index is 1620. The number of aryl methyl sites for hydroxylation is 1. The van der Waals surface area contributed by atoms with E-state index in [4.69, 9.17) is 0 Å². The molecule has 1 fully saturated rings. The molecule has 0 spiro atoms. The van der Waals surface area contributed by atoms with Gasteiger partial charge >= 0.3 is 18.3 Å². The summed E-state index contributed by atoms with van der Waals surface area (Å²) in [6.45, 7) is 3.93. The third-order valence-corrected chi connectivity index (χ3v) is 7.66. The number of pyridine rings is 1. The van der Waals surface area contributed by atoms with Crippen LogP contribution in [0.3, 0.4) is 0 Å². The van der Waals surface area contributed by atoms with Crippen molar-refractivity contribution < 1.29 is 50.2 Å². The van der Waals surface area contributed by atoms with Crippen molar-refractivity contribution in [2.75, 3.05) is 11.9 Å². The zero-order valence-corrected chi connectivity index (χ0v) is 23.7. The normalized spacial score (nSPS) is 17.4. The van der Waals surface area contributed by atoms with Crippen molar-refractivity contribution in [2.24, 2.45) is 0 Å². The van der Waals surface area contributed by atoms with Crippen molar-refractivity contribution >= 4 is 23.5 Å². The Morgan fingerprint density at radius 2 is 1.50 bits per heavy atom. The zero-order valence-electron chi connectivity index (χ0n) is 23.7. The van der Waals surface area contributed by atoms with Crippen LogP contribution < -0.4 is 10.2 Å². The molecule has 2 amide bonds. The average molecular weight is 626 g/mol. The van der Waals surface area contributed by atoms with E-state index in [0.29, 0.717) is 23.3 Å². The summed E-state index contributed by atoms with van der Waals surface area (Å²) in [6, 6.07) is 4.81. The van der Waals surface area contributed by atoms with Gasteiger partial charge in [-0.15, -0.1) is 0 Å². The Balaban J connectivity index is 1.85. The molecule has 0 radical (unpaired) electrons. The van der Waals surface area contributed by atoms with Gasteiger partial charge in [0.05, 0.1) is 28.4 Å². The molecule has 1 saturated heterocycles. The maximum atomic E-state index is 14.0. The van der Waals surface area contributed by atoms with E-state index in [1.165, 1.54) is 45.3 Å². The molecule has 234 valence electrons. The first kappa shape index (κ1) is 32.4. The van der Waals surface area contributed by atoms with E-state index in [-0.39, 0.29) is 29.4 Å². The third-order valence-electron chi connectivity index (χ3n) is 7.66. The Morgan fingerprint density at radius 1 is 0.932 bits per heavy atom. The van der Waals surface area contributed by atoms with Crippen molar-refractivity contribution in [3.05, 3.63) is 82.4 Å². The minimum Gasteiger partial charge on any atom is -0.480 e. The Labute approximate surface area is 246 Å². The highest BCUT2D eigenvalue weighted by atomic mass is 19.4. The number of nitrogens with one attached hydrogen (secondary N) is 1. The van der Waals surface area contributed by atoms with Crippen LogP contribution in [0.2, 0.25) is 0 Å².